The fourth-order valence-corrected chi connectivity index (χ4v) is 2.88. The van der Waals surface area contributed by atoms with Gasteiger partial charge < -0.3 is 15.7 Å². The van der Waals surface area contributed by atoms with E-state index in [0.29, 0.717) is 0 Å². The summed E-state index contributed by atoms with van der Waals surface area (Å²) in [7, 11) is 0. The third-order valence-corrected chi connectivity index (χ3v) is 4.14. The van der Waals surface area contributed by atoms with Crippen molar-refractivity contribution in [3.05, 3.63) is 11.8 Å². The van der Waals surface area contributed by atoms with Gasteiger partial charge in [-0.15, -0.1) is 0 Å². The molecule has 3 N–H and O–H groups in total. The van der Waals surface area contributed by atoms with Crippen molar-refractivity contribution >= 4 is 29.5 Å². The average Bonchev–Trinajstić information content (AvgIpc) is 2.88. The van der Waals surface area contributed by atoms with Crippen LogP contribution in [0, 0.1) is 6.92 Å². The van der Waals surface area contributed by atoms with Crippen LogP contribution >= 0.6 is 11.8 Å². The van der Waals surface area contributed by atoms with E-state index in [9.17, 15) is 18.0 Å². The fraction of sp³-hybridized carbons (Fsp3) is 0.643. The molecule has 1 atom stereocenters. The third kappa shape index (κ3) is 6.94. The highest BCUT2D eigenvalue weighted by molar-refractivity contribution is 7.99. The van der Waals surface area contributed by atoms with Crippen molar-refractivity contribution in [1.29, 1.82) is 0 Å². The number of aliphatic carboxylic acids is 1. The molecule has 1 aromatic rings. The predicted molar refractivity (Wildman–Crippen MR) is 88.8 cm³/mol. The molecule has 142 valence electrons. The van der Waals surface area contributed by atoms with Gasteiger partial charge in [0.2, 0.25) is 5.91 Å². The maximum Gasteiger partial charge on any atom is 0.490 e. The summed E-state index contributed by atoms with van der Waals surface area (Å²) < 4.78 is 33.6. The largest absolute Gasteiger partial charge is 0.490 e. The van der Waals surface area contributed by atoms with E-state index in [0.717, 1.165) is 29.6 Å². The summed E-state index contributed by atoms with van der Waals surface area (Å²) in [6.45, 7) is 6.93. The molecule has 1 saturated heterocycles. The first-order valence-corrected chi connectivity index (χ1v) is 8.66. The Bertz CT molecular complexity index is 599. The van der Waals surface area contributed by atoms with Crippen LogP contribution in [0.5, 0.6) is 0 Å². The topological polar surface area (TPSA) is 96.3 Å². The number of rotatable bonds is 3. The van der Waals surface area contributed by atoms with Gasteiger partial charge in [-0.3, -0.25) is 4.79 Å². The number of nitrogens with one attached hydrogen (secondary N) is 2. The van der Waals surface area contributed by atoms with Crippen LogP contribution in [-0.4, -0.2) is 57.0 Å². The molecule has 11 heteroatoms. The second-order valence-corrected chi connectivity index (χ2v) is 6.73. The first-order chi connectivity index (χ1) is 11.5. The number of carboxylic acid groups (broad SMARTS) is 1. The van der Waals surface area contributed by atoms with E-state index in [1.165, 1.54) is 0 Å². The molecule has 1 aliphatic heterocycles. The first-order valence-electron chi connectivity index (χ1n) is 7.50. The summed E-state index contributed by atoms with van der Waals surface area (Å²) >= 11 is 1.81. The van der Waals surface area contributed by atoms with Crippen LogP contribution in [0.25, 0.3) is 0 Å². The molecular formula is C14H21F3N4O3S. The third-order valence-electron chi connectivity index (χ3n) is 3.08. The van der Waals surface area contributed by atoms with Gasteiger partial charge in [0.1, 0.15) is 5.82 Å². The molecule has 0 aliphatic carbocycles. The molecule has 0 aromatic carbocycles. The Morgan fingerprint density at radius 3 is 2.52 bits per heavy atom. The molecule has 1 amide bonds. The van der Waals surface area contributed by atoms with Crippen LogP contribution in [0.15, 0.2) is 6.07 Å². The smallest absolute Gasteiger partial charge is 0.475 e. The Balaban J connectivity index is 0.000000381. The Labute approximate surface area is 147 Å². The average molecular weight is 382 g/mol. The minimum absolute atomic E-state index is 0.0315. The number of halogens is 3. The van der Waals surface area contributed by atoms with E-state index in [-0.39, 0.29) is 18.0 Å². The van der Waals surface area contributed by atoms with Gasteiger partial charge in [-0.2, -0.15) is 30.0 Å². The molecule has 1 aliphatic rings. The van der Waals surface area contributed by atoms with Crippen molar-refractivity contribution in [2.24, 2.45) is 0 Å². The lowest BCUT2D eigenvalue weighted by molar-refractivity contribution is -0.192. The number of aromatic nitrogens is 2. The Morgan fingerprint density at radius 1 is 1.48 bits per heavy atom. The number of thioether (sulfide) groups is 1. The Morgan fingerprint density at radius 2 is 2.08 bits per heavy atom. The van der Waals surface area contributed by atoms with Crippen LogP contribution in [0.1, 0.15) is 25.6 Å². The van der Waals surface area contributed by atoms with Gasteiger partial charge in [0, 0.05) is 30.2 Å². The van der Waals surface area contributed by atoms with Crippen molar-refractivity contribution in [3.63, 3.8) is 0 Å². The summed E-state index contributed by atoms with van der Waals surface area (Å²) in [6.07, 6.45) is -5.08. The van der Waals surface area contributed by atoms with Crippen molar-refractivity contribution in [1.82, 2.24) is 15.1 Å². The number of hydrogen-bond acceptors (Lipinski definition) is 5. The molecule has 0 spiro atoms. The highest BCUT2D eigenvalue weighted by atomic mass is 32.2. The van der Waals surface area contributed by atoms with Gasteiger partial charge in [-0.05, 0) is 20.8 Å². The lowest BCUT2D eigenvalue weighted by atomic mass is 10.3. The maximum absolute atomic E-state index is 12.1. The molecule has 0 radical (unpaired) electrons. The quantitative estimate of drug-likeness (QED) is 0.741. The molecule has 7 nitrogen and oxygen atoms in total. The zero-order valence-corrected chi connectivity index (χ0v) is 14.9. The van der Waals surface area contributed by atoms with E-state index < -0.39 is 12.1 Å². The van der Waals surface area contributed by atoms with E-state index in [1.54, 1.807) is 0 Å². The number of alkyl halides is 3. The predicted octanol–water partition coefficient (Wildman–Crippen LogP) is 2.05. The van der Waals surface area contributed by atoms with Crippen molar-refractivity contribution in [2.45, 2.75) is 39.0 Å². The molecule has 0 bridgehead atoms. The van der Waals surface area contributed by atoms with Gasteiger partial charge in [0.15, 0.2) is 0 Å². The number of carbonyl (C=O) groups excluding carboxylic acids is 1. The molecule has 25 heavy (non-hydrogen) atoms. The van der Waals surface area contributed by atoms with E-state index in [1.807, 2.05) is 29.4 Å². The molecule has 1 unspecified atom stereocenters. The lowest BCUT2D eigenvalue weighted by Gasteiger charge is -2.22. The SMILES string of the molecule is Cc1cc(NC(=O)C2CSCCN2)n(C(C)C)n1.O=C(O)C(F)(F)F. The number of carboxylic acids is 1. The minimum atomic E-state index is -5.08. The number of nitrogens with zero attached hydrogens (tertiary/aromatic N) is 2. The van der Waals surface area contributed by atoms with Crippen LogP contribution in [0.3, 0.4) is 0 Å². The number of amides is 1. The summed E-state index contributed by atoms with van der Waals surface area (Å²) in [5.41, 5.74) is 0.921. The Kier molecular flexibility index (Phi) is 7.74. The zero-order valence-electron chi connectivity index (χ0n) is 14.1. The zero-order chi connectivity index (χ0) is 19.2. The molecule has 1 aromatic heterocycles. The van der Waals surface area contributed by atoms with Gasteiger partial charge in [-0.1, -0.05) is 0 Å². The van der Waals surface area contributed by atoms with E-state index in [4.69, 9.17) is 9.90 Å². The van der Waals surface area contributed by atoms with E-state index in [2.05, 4.69) is 29.6 Å². The number of carbonyl (C=O) groups is 2. The minimum Gasteiger partial charge on any atom is -0.475 e. The van der Waals surface area contributed by atoms with Crippen LogP contribution in [-0.2, 0) is 9.59 Å². The molecule has 2 heterocycles. The first kappa shape index (κ1) is 21.3. The van der Waals surface area contributed by atoms with Gasteiger partial charge in [-0.25, -0.2) is 9.48 Å². The van der Waals surface area contributed by atoms with Crippen molar-refractivity contribution in [3.8, 4) is 0 Å². The molecular weight excluding hydrogens is 361 g/mol. The lowest BCUT2D eigenvalue weighted by Crippen LogP contribution is -2.46. The highest BCUT2D eigenvalue weighted by Crippen LogP contribution is 2.17. The summed E-state index contributed by atoms with van der Waals surface area (Å²) in [5, 5.41) is 17.7. The monoisotopic (exact) mass is 382 g/mol. The van der Waals surface area contributed by atoms with Gasteiger partial charge in [0.25, 0.3) is 0 Å². The summed E-state index contributed by atoms with van der Waals surface area (Å²) in [4.78, 5) is 21.0. The van der Waals surface area contributed by atoms with Gasteiger partial charge >= 0.3 is 12.1 Å². The standard InChI is InChI=1S/C12H20N4OS.C2HF3O2/c1-8(2)16-11(6-9(3)15-16)14-12(17)10-7-18-5-4-13-10;3-2(4,5)1(6)7/h6,8,10,13H,4-5,7H2,1-3H3,(H,14,17);(H,6,7). The second kappa shape index (κ2) is 9.09. The van der Waals surface area contributed by atoms with Crippen LogP contribution < -0.4 is 10.6 Å². The van der Waals surface area contributed by atoms with E-state index >= 15 is 0 Å². The Hall–Kier alpha value is -1.75. The second-order valence-electron chi connectivity index (χ2n) is 5.58. The van der Waals surface area contributed by atoms with Crippen molar-refractivity contribution in [2.75, 3.05) is 23.4 Å². The van der Waals surface area contributed by atoms with Crippen LogP contribution in [0.2, 0.25) is 0 Å². The summed E-state index contributed by atoms with van der Waals surface area (Å²) in [6, 6.07) is 2.05. The highest BCUT2D eigenvalue weighted by Gasteiger charge is 2.38. The normalized spacial score (nSPS) is 17.6. The summed E-state index contributed by atoms with van der Waals surface area (Å²) in [5.74, 6) is -0.0330. The molecule has 1 fully saturated rings. The molecule has 0 saturated carbocycles. The molecule has 2 rings (SSSR count). The van der Waals surface area contributed by atoms with Crippen molar-refractivity contribution < 1.29 is 27.9 Å². The maximum atomic E-state index is 12.1. The van der Waals surface area contributed by atoms with Gasteiger partial charge in [0.05, 0.1) is 11.7 Å². The fourth-order valence-electron chi connectivity index (χ4n) is 1.95. The number of hydrogen-bond donors (Lipinski definition) is 3. The number of anilines is 1. The van der Waals surface area contributed by atoms with Crippen LogP contribution in [0.4, 0.5) is 19.0 Å². The number of aryl methyl sites for hydroxylation is 1.